The van der Waals surface area contributed by atoms with Gasteiger partial charge in [-0.25, -0.2) is 4.39 Å². The molecule has 2 N–H and O–H groups in total. The molecule has 29 heavy (non-hydrogen) atoms. The van der Waals surface area contributed by atoms with Gasteiger partial charge in [0.25, 0.3) is 11.8 Å². The van der Waals surface area contributed by atoms with Gasteiger partial charge in [0.05, 0.1) is 0 Å². The number of hydrazine groups is 1. The lowest BCUT2D eigenvalue weighted by Crippen LogP contribution is -2.43. The smallest absolute Gasteiger partial charge is 0.276 e. The van der Waals surface area contributed by atoms with Crippen LogP contribution in [0.15, 0.2) is 78.9 Å². The fraction of sp³-hybridized carbons (Fsp3) is 0.0909. The van der Waals surface area contributed by atoms with E-state index in [9.17, 15) is 14.0 Å². The minimum absolute atomic E-state index is 0.321. The average Bonchev–Trinajstić information content (AvgIpc) is 2.76. The first-order valence-electron chi connectivity index (χ1n) is 8.84. The SMILES string of the molecule is O=C(COc1ccc(F)cc1)NNC(=O)c1ccc(OCc2ccccc2)cc1. The number of benzene rings is 3. The molecule has 7 heteroatoms. The molecule has 3 aromatic rings. The lowest BCUT2D eigenvalue weighted by Gasteiger charge is -2.10. The summed E-state index contributed by atoms with van der Waals surface area (Å²) >= 11 is 0. The molecule has 0 aliphatic carbocycles. The number of halogens is 1. The highest BCUT2D eigenvalue weighted by atomic mass is 19.1. The van der Waals surface area contributed by atoms with Crippen molar-refractivity contribution in [2.75, 3.05) is 6.61 Å². The molecule has 0 saturated carbocycles. The largest absolute Gasteiger partial charge is 0.489 e. The van der Waals surface area contributed by atoms with Crippen molar-refractivity contribution in [1.82, 2.24) is 10.9 Å². The molecule has 3 aromatic carbocycles. The predicted molar refractivity (Wildman–Crippen MR) is 105 cm³/mol. The van der Waals surface area contributed by atoms with Crippen LogP contribution in [0.4, 0.5) is 4.39 Å². The van der Waals surface area contributed by atoms with E-state index >= 15 is 0 Å². The number of rotatable bonds is 7. The van der Waals surface area contributed by atoms with Crippen LogP contribution in [-0.2, 0) is 11.4 Å². The van der Waals surface area contributed by atoms with Gasteiger partial charge in [-0.05, 0) is 54.1 Å². The number of nitrogens with one attached hydrogen (secondary N) is 2. The van der Waals surface area contributed by atoms with Crippen LogP contribution in [0.2, 0.25) is 0 Å². The molecule has 0 aliphatic rings. The molecule has 0 aliphatic heterocycles. The molecule has 0 unspecified atom stereocenters. The van der Waals surface area contributed by atoms with Crippen molar-refractivity contribution in [1.29, 1.82) is 0 Å². The minimum atomic E-state index is -0.550. The maximum absolute atomic E-state index is 12.8. The molecule has 0 saturated heterocycles. The number of carbonyl (C=O) groups excluding carboxylic acids is 2. The third-order valence-corrected chi connectivity index (χ3v) is 3.86. The lowest BCUT2D eigenvalue weighted by molar-refractivity contribution is -0.123. The van der Waals surface area contributed by atoms with Crippen molar-refractivity contribution >= 4 is 11.8 Å². The summed E-state index contributed by atoms with van der Waals surface area (Å²) in [5.41, 5.74) is 5.96. The lowest BCUT2D eigenvalue weighted by atomic mass is 10.2. The first kappa shape index (κ1) is 19.9. The number of amides is 2. The molecule has 3 rings (SSSR count). The van der Waals surface area contributed by atoms with E-state index in [0.29, 0.717) is 23.7 Å². The molecule has 0 heterocycles. The Hall–Kier alpha value is -3.87. The highest BCUT2D eigenvalue weighted by Crippen LogP contribution is 2.14. The quantitative estimate of drug-likeness (QED) is 0.603. The fourth-order valence-corrected chi connectivity index (χ4v) is 2.36. The maximum Gasteiger partial charge on any atom is 0.276 e. The van der Waals surface area contributed by atoms with E-state index in [-0.39, 0.29) is 6.61 Å². The first-order chi connectivity index (χ1) is 14.1. The fourth-order valence-electron chi connectivity index (χ4n) is 2.36. The van der Waals surface area contributed by atoms with E-state index in [1.807, 2.05) is 30.3 Å². The van der Waals surface area contributed by atoms with Crippen LogP contribution in [0.5, 0.6) is 11.5 Å². The Kier molecular flexibility index (Phi) is 6.78. The van der Waals surface area contributed by atoms with Crippen LogP contribution in [0.1, 0.15) is 15.9 Å². The predicted octanol–water partition coefficient (Wildman–Crippen LogP) is 3.24. The molecule has 148 valence electrons. The van der Waals surface area contributed by atoms with Gasteiger partial charge in [-0.15, -0.1) is 0 Å². The van der Waals surface area contributed by atoms with E-state index < -0.39 is 17.6 Å². The van der Waals surface area contributed by atoms with Gasteiger partial charge < -0.3 is 9.47 Å². The number of ether oxygens (including phenoxy) is 2. The third kappa shape index (κ3) is 6.35. The summed E-state index contributed by atoms with van der Waals surface area (Å²) in [5.74, 6) is -0.452. The van der Waals surface area contributed by atoms with Crippen molar-refractivity contribution < 1.29 is 23.5 Å². The molecule has 0 fully saturated rings. The van der Waals surface area contributed by atoms with Crippen molar-refractivity contribution in [2.45, 2.75) is 6.61 Å². The topological polar surface area (TPSA) is 76.7 Å². The summed E-state index contributed by atoms with van der Waals surface area (Å²) in [5, 5.41) is 0. The van der Waals surface area contributed by atoms with Crippen molar-refractivity contribution in [3.05, 3.63) is 95.8 Å². The van der Waals surface area contributed by atoms with Crippen LogP contribution < -0.4 is 20.3 Å². The monoisotopic (exact) mass is 394 g/mol. The van der Waals surface area contributed by atoms with Crippen LogP contribution in [-0.4, -0.2) is 18.4 Å². The van der Waals surface area contributed by atoms with E-state index in [1.54, 1.807) is 24.3 Å². The van der Waals surface area contributed by atoms with Gasteiger partial charge in [0.15, 0.2) is 6.61 Å². The number of hydrogen-bond acceptors (Lipinski definition) is 4. The van der Waals surface area contributed by atoms with E-state index in [4.69, 9.17) is 9.47 Å². The minimum Gasteiger partial charge on any atom is -0.489 e. The second-order valence-electron chi connectivity index (χ2n) is 6.04. The molecule has 0 spiro atoms. The van der Waals surface area contributed by atoms with Gasteiger partial charge in [0, 0.05) is 5.56 Å². The Balaban J connectivity index is 1.41. The van der Waals surface area contributed by atoms with Gasteiger partial charge in [-0.1, -0.05) is 30.3 Å². The van der Waals surface area contributed by atoms with Gasteiger partial charge in [-0.2, -0.15) is 0 Å². The third-order valence-electron chi connectivity index (χ3n) is 3.86. The maximum atomic E-state index is 12.8. The molecule has 0 atom stereocenters. The standard InChI is InChI=1S/C22H19FN2O4/c23-18-8-12-20(13-9-18)29-15-21(26)24-25-22(27)17-6-10-19(11-7-17)28-14-16-4-2-1-3-5-16/h1-13H,14-15H2,(H,24,26)(H,25,27). The molecule has 6 nitrogen and oxygen atoms in total. The molecule has 0 bridgehead atoms. The summed E-state index contributed by atoms with van der Waals surface area (Å²) in [6.45, 7) is 0.106. The zero-order valence-electron chi connectivity index (χ0n) is 15.4. The number of hydrogen-bond donors (Lipinski definition) is 2. The molecule has 0 radical (unpaired) electrons. The Morgan fingerprint density at radius 3 is 2.07 bits per heavy atom. The highest BCUT2D eigenvalue weighted by Gasteiger charge is 2.08. The Morgan fingerprint density at radius 2 is 1.38 bits per heavy atom. The molecular formula is C22H19FN2O4. The van der Waals surface area contributed by atoms with Crippen LogP contribution in [0.3, 0.4) is 0 Å². The zero-order chi connectivity index (χ0) is 20.5. The zero-order valence-corrected chi connectivity index (χ0v) is 15.4. The Morgan fingerprint density at radius 1 is 0.759 bits per heavy atom. The first-order valence-corrected chi connectivity index (χ1v) is 8.84. The van der Waals surface area contributed by atoms with Crippen molar-refractivity contribution in [3.63, 3.8) is 0 Å². The highest BCUT2D eigenvalue weighted by molar-refractivity contribution is 5.95. The molecular weight excluding hydrogens is 375 g/mol. The normalized spacial score (nSPS) is 10.1. The summed E-state index contributed by atoms with van der Waals surface area (Å²) < 4.78 is 23.7. The van der Waals surface area contributed by atoms with Crippen molar-refractivity contribution in [2.24, 2.45) is 0 Å². The summed E-state index contributed by atoms with van der Waals surface area (Å²) in [6.07, 6.45) is 0. The second kappa shape index (κ2) is 9.89. The van der Waals surface area contributed by atoms with E-state index in [0.717, 1.165) is 5.56 Å². The summed E-state index contributed by atoms with van der Waals surface area (Å²) in [4.78, 5) is 23.9. The number of carbonyl (C=O) groups is 2. The average molecular weight is 394 g/mol. The van der Waals surface area contributed by atoms with Crippen molar-refractivity contribution in [3.8, 4) is 11.5 Å². The molecule has 0 aromatic heterocycles. The van der Waals surface area contributed by atoms with E-state index in [1.165, 1.54) is 24.3 Å². The van der Waals surface area contributed by atoms with Gasteiger partial charge in [0.1, 0.15) is 23.9 Å². The van der Waals surface area contributed by atoms with Gasteiger partial charge in [-0.3, -0.25) is 20.4 Å². The summed E-state index contributed by atoms with van der Waals surface area (Å²) in [7, 11) is 0. The summed E-state index contributed by atoms with van der Waals surface area (Å²) in [6, 6.07) is 21.5. The van der Waals surface area contributed by atoms with E-state index in [2.05, 4.69) is 10.9 Å². The van der Waals surface area contributed by atoms with Crippen LogP contribution in [0, 0.1) is 5.82 Å². The Labute approximate surface area is 167 Å². The van der Waals surface area contributed by atoms with Gasteiger partial charge in [0.2, 0.25) is 0 Å². The van der Waals surface area contributed by atoms with Gasteiger partial charge >= 0.3 is 0 Å². The van der Waals surface area contributed by atoms with Crippen LogP contribution >= 0.6 is 0 Å². The van der Waals surface area contributed by atoms with Crippen LogP contribution in [0.25, 0.3) is 0 Å². The Bertz CT molecular complexity index is 945. The second-order valence-corrected chi connectivity index (χ2v) is 6.04. The molecule has 2 amide bonds.